The quantitative estimate of drug-likeness (QED) is 0.911. The van der Waals surface area contributed by atoms with E-state index in [1.165, 1.54) is 0 Å². The van der Waals surface area contributed by atoms with Crippen LogP contribution in [-0.4, -0.2) is 33.9 Å². The largest absolute Gasteiger partial charge is 0.348 e. The number of likely N-dealkylation sites (tertiary alicyclic amines) is 1. The minimum absolute atomic E-state index is 0.130. The van der Waals surface area contributed by atoms with Gasteiger partial charge in [0.2, 0.25) is 0 Å². The van der Waals surface area contributed by atoms with E-state index in [9.17, 15) is 4.79 Å². The Kier molecular flexibility index (Phi) is 3.54. The number of amides is 1. The van der Waals surface area contributed by atoms with Crippen LogP contribution in [0.3, 0.4) is 0 Å². The van der Waals surface area contributed by atoms with E-state index in [2.05, 4.69) is 9.97 Å². The Morgan fingerprint density at radius 1 is 1.45 bits per heavy atom. The van der Waals surface area contributed by atoms with Gasteiger partial charge in [-0.3, -0.25) is 4.79 Å². The molecule has 1 saturated heterocycles. The zero-order valence-electron chi connectivity index (χ0n) is 11.7. The van der Waals surface area contributed by atoms with E-state index < -0.39 is 0 Å². The van der Waals surface area contributed by atoms with Crippen molar-refractivity contribution in [1.82, 2.24) is 14.9 Å². The first-order chi connectivity index (χ1) is 9.74. The van der Waals surface area contributed by atoms with Crippen LogP contribution < -0.4 is 0 Å². The van der Waals surface area contributed by atoms with Crippen molar-refractivity contribution >= 4 is 5.91 Å². The zero-order chi connectivity index (χ0) is 13.9. The maximum Gasteiger partial charge on any atom is 0.253 e. The molecule has 0 spiro atoms. The standard InChI is InChI=1S/C16H19N3O/c1-12-4-2-5-13(10-12)16(20)19-9-3-6-14(11-19)15-17-7-8-18-15/h2,4-5,7-8,10,14H,3,6,9,11H2,1H3,(H,17,18). The Morgan fingerprint density at radius 3 is 3.10 bits per heavy atom. The molecule has 1 N–H and O–H groups in total. The minimum atomic E-state index is 0.130. The molecule has 1 atom stereocenters. The fraction of sp³-hybridized carbons (Fsp3) is 0.375. The van der Waals surface area contributed by atoms with Crippen molar-refractivity contribution in [1.29, 1.82) is 0 Å². The van der Waals surface area contributed by atoms with Gasteiger partial charge >= 0.3 is 0 Å². The number of piperidine rings is 1. The van der Waals surface area contributed by atoms with Crippen LogP contribution in [-0.2, 0) is 0 Å². The smallest absolute Gasteiger partial charge is 0.253 e. The summed E-state index contributed by atoms with van der Waals surface area (Å²) in [6.07, 6.45) is 5.74. The summed E-state index contributed by atoms with van der Waals surface area (Å²) in [5.74, 6) is 1.45. The summed E-state index contributed by atoms with van der Waals surface area (Å²) in [6, 6.07) is 7.81. The molecule has 1 aliphatic rings. The number of nitrogens with zero attached hydrogens (tertiary/aromatic N) is 2. The molecule has 2 aromatic rings. The maximum absolute atomic E-state index is 12.6. The molecule has 4 heteroatoms. The molecule has 1 amide bonds. The Balaban J connectivity index is 1.75. The molecule has 3 rings (SSSR count). The van der Waals surface area contributed by atoms with E-state index in [1.54, 1.807) is 6.20 Å². The van der Waals surface area contributed by atoms with Crippen LogP contribution in [0.15, 0.2) is 36.7 Å². The lowest BCUT2D eigenvalue weighted by Crippen LogP contribution is -2.39. The molecule has 2 heterocycles. The van der Waals surface area contributed by atoms with Crippen molar-refractivity contribution in [3.63, 3.8) is 0 Å². The number of imidazole rings is 1. The SMILES string of the molecule is Cc1cccc(C(=O)N2CCCC(c3ncc[nH]3)C2)c1. The maximum atomic E-state index is 12.6. The highest BCUT2D eigenvalue weighted by Gasteiger charge is 2.26. The fourth-order valence-electron chi connectivity index (χ4n) is 2.85. The summed E-state index contributed by atoms with van der Waals surface area (Å²) in [7, 11) is 0. The highest BCUT2D eigenvalue weighted by molar-refractivity contribution is 5.94. The first-order valence-corrected chi connectivity index (χ1v) is 7.09. The molecule has 0 aliphatic carbocycles. The van der Waals surface area contributed by atoms with Gasteiger partial charge in [0.15, 0.2) is 0 Å². The van der Waals surface area contributed by atoms with E-state index in [-0.39, 0.29) is 5.91 Å². The molecule has 1 aromatic heterocycles. The summed E-state index contributed by atoms with van der Waals surface area (Å²) in [5.41, 5.74) is 1.90. The van der Waals surface area contributed by atoms with Gasteiger partial charge in [0.05, 0.1) is 0 Å². The summed E-state index contributed by atoms with van der Waals surface area (Å²) >= 11 is 0. The van der Waals surface area contributed by atoms with Crippen LogP contribution in [0, 0.1) is 6.92 Å². The second kappa shape index (κ2) is 5.49. The monoisotopic (exact) mass is 269 g/mol. The molecule has 0 saturated carbocycles. The molecular formula is C16H19N3O. The average molecular weight is 269 g/mol. The fourth-order valence-corrected chi connectivity index (χ4v) is 2.85. The van der Waals surface area contributed by atoms with Crippen LogP contribution in [0.1, 0.15) is 40.5 Å². The van der Waals surface area contributed by atoms with Gasteiger partial charge in [-0.15, -0.1) is 0 Å². The number of rotatable bonds is 2. The molecule has 1 fully saturated rings. The van der Waals surface area contributed by atoms with Gasteiger partial charge in [-0.2, -0.15) is 0 Å². The Bertz CT molecular complexity index is 592. The zero-order valence-corrected chi connectivity index (χ0v) is 11.7. The molecule has 104 valence electrons. The van der Waals surface area contributed by atoms with Gasteiger partial charge in [-0.25, -0.2) is 4.98 Å². The van der Waals surface area contributed by atoms with E-state index in [4.69, 9.17) is 0 Å². The van der Waals surface area contributed by atoms with Gasteiger partial charge in [0.1, 0.15) is 5.82 Å². The highest BCUT2D eigenvalue weighted by atomic mass is 16.2. The summed E-state index contributed by atoms with van der Waals surface area (Å²) in [4.78, 5) is 22.0. The summed E-state index contributed by atoms with van der Waals surface area (Å²) in [5, 5.41) is 0. The van der Waals surface area contributed by atoms with Crippen LogP contribution >= 0.6 is 0 Å². The minimum Gasteiger partial charge on any atom is -0.348 e. The lowest BCUT2D eigenvalue weighted by atomic mass is 9.96. The van der Waals surface area contributed by atoms with Crippen LogP contribution in [0.25, 0.3) is 0 Å². The number of nitrogens with one attached hydrogen (secondary N) is 1. The van der Waals surface area contributed by atoms with E-state index in [0.717, 1.165) is 42.9 Å². The second-order valence-corrected chi connectivity index (χ2v) is 5.43. The van der Waals surface area contributed by atoms with Crippen molar-refractivity contribution in [2.24, 2.45) is 0 Å². The van der Waals surface area contributed by atoms with E-state index >= 15 is 0 Å². The number of hydrogen-bond donors (Lipinski definition) is 1. The van der Waals surface area contributed by atoms with Crippen molar-refractivity contribution in [2.75, 3.05) is 13.1 Å². The molecule has 4 nitrogen and oxygen atoms in total. The second-order valence-electron chi connectivity index (χ2n) is 5.43. The number of carbonyl (C=O) groups is 1. The number of aryl methyl sites for hydroxylation is 1. The van der Waals surface area contributed by atoms with Gasteiger partial charge in [-0.1, -0.05) is 17.7 Å². The molecule has 20 heavy (non-hydrogen) atoms. The highest BCUT2D eigenvalue weighted by Crippen LogP contribution is 2.25. The lowest BCUT2D eigenvalue weighted by molar-refractivity contribution is 0.0704. The summed E-state index contributed by atoms with van der Waals surface area (Å²) < 4.78 is 0. The number of H-pyrrole nitrogens is 1. The number of carbonyl (C=O) groups excluding carboxylic acids is 1. The number of benzene rings is 1. The first-order valence-electron chi connectivity index (χ1n) is 7.09. The normalized spacial score (nSPS) is 19.1. The Hall–Kier alpha value is -2.10. The Labute approximate surface area is 118 Å². The third-order valence-electron chi connectivity index (χ3n) is 3.88. The van der Waals surface area contributed by atoms with Crippen LogP contribution in [0.5, 0.6) is 0 Å². The number of hydrogen-bond acceptors (Lipinski definition) is 2. The molecule has 0 radical (unpaired) electrons. The van der Waals surface area contributed by atoms with Gasteiger partial charge < -0.3 is 9.88 Å². The molecular weight excluding hydrogens is 250 g/mol. The first kappa shape index (κ1) is 12.9. The van der Waals surface area contributed by atoms with Gasteiger partial charge in [0.25, 0.3) is 5.91 Å². The topological polar surface area (TPSA) is 49.0 Å². The number of aromatic nitrogens is 2. The molecule has 1 aliphatic heterocycles. The third-order valence-corrected chi connectivity index (χ3v) is 3.88. The average Bonchev–Trinajstić information content (AvgIpc) is 3.01. The van der Waals surface area contributed by atoms with Gasteiger partial charge in [-0.05, 0) is 31.9 Å². The van der Waals surface area contributed by atoms with Crippen molar-refractivity contribution in [3.8, 4) is 0 Å². The van der Waals surface area contributed by atoms with Crippen molar-refractivity contribution in [3.05, 3.63) is 53.6 Å². The third kappa shape index (κ3) is 2.59. The van der Waals surface area contributed by atoms with E-state index in [1.807, 2.05) is 42.3 Å². The van der Waals surface area contributed by atoms with Gasteiger partial charge in [0, 0.05) is 37.0 Å². The van der Waals surface area contributed by atoms with Crippen molar-refractivity contribution < 1.29 is 4.79 Å². The van der Waals surface area contributed by atoms with Crippen molar-refractivity contribution in [2.45, 2.75) is 25.7 Å². The summed E-state index contributed by atoms with van der Waals surface area (Å²) in [6.45, 7) is 3.60. The molecule has 1 unspecified atom stereocenters. The molecule has 1 aromatic carbocycles. The molecule has 0 bridgehead atoms. The van der Waals surface area contributed by atoms with Crippen LogP contribution in [0.4, 0.5) is 0 Å². The lowest BCUT2D eigenvalue weighted by Gasteiger charge is -2.32. The predicted molar refractivity (Wildman–Crippen MR) is 77.6 cm³/mol. The predicted octanol–water partition coefficient (Wildman–Crippen LogP) is 2.74. The number of aromatic amines is 1. The van der Waals surface area contributed by atoms with E-state index in [0.29, 0.717) is 5.92 Å². The van der Waals surface area contributed by atoms with Crippen LogP contribution in [0.2, 0.25) is 0 Å². The Morgan fingerprint density at radius 2 is 2.35 bits per heavy atom.